The van der Waals surface area contributed by atoms with E-state index >= 15 is 0 Å². The molecule has 7 heteroatoms. The number of aliphatic hydroxyl groups excluding tert-OH is 1. The van der Waals surface area contributed by atoms with Gasteiger partial charge in [-0.2, -0.15) is 0 Å². The molecule has 0 amide bonds. The van der Waals surface area contributed by atoms with E-state index in [-0.39, 0.29) is 42.2 Å². The summed E-state index contributed by atoms with van der Waals surface area (Å²) < 4.78 is 19.1. The summed E-state index contributed by atoms with van der Waals surface area (Å²) in [6.07, 6.45) is 20.4. The number of carbonyl (C=O) groups excluding carboxylic acids is 1. The van der Waals surface area contributed by atoms with Gasteiger partial charge in [-0.25, -0.2) is 0 Å². The van der Waals surface area contributed by atoms with E-state index in [1.54, 1.807) is 0 Å². The van der Waals surface area contributed by atoms with Crippen LogP contribution < -0.4 is 0 Å². The first-order valence-electron chi connectivity index (χ1n) is 16.8. The smallest absolute Gasteiger partial charge is 0.313 e. The van der Waals surface area contributed by atoms with Gasteiger partial charge in [0.1, 0.15) is 17.9 Å². The maximum absolute atomic E-state index is 13.9. The summed E-state index contributed by atoms with van der Waals surface area (Å²) in [5.74, 6) is -0.00387. The lowest BCUT2D eigenvalue weighted by molar-refractivity contribution is -0.167. The number of fused-ring (bicyclic) bond motifs is 2. The van der Waals surface area contributed by atoms with Gasteiger partial charge in [-0.05, 0) is 81.3 Å². The molecular formula is C36H53NO6. The van der Waals surface area contributed by atoms with Crippen LogP contribution in [0.1, 0.15) is 98.3 Å². The van der Waals surface area contributed by atoms with Gasteiger partial charge in [0.05, 0.1) is 30.8 Å². The van der Waals surface area contributed by atoms with Crippen molar-refractivity contribution in [2.75, 3.05) is 6.61 Å². The SMILES string of the molecule is CC1=CC2C(=O)OC3CC(C/C=C(\C)C[C@@H](C)/C=C/C=C4\COC(/C1=N/O)C42)O[C@@H](CC[C@H](C)[C@H](O)C1CCCCC1)C3. The van der Waals surface area contributed by atoms with Crippen LogP contribution in [0.3, 0.4) is 0 Å². The molecule has 43 heavy (non-hydrogen) atoms. The van der Waals surface area contributed by atoms with Crippen molar-refractivity contribution >= 4 is 11.7 Å². The Bertz CT molecular complexity index is 1130. The number of rotatable bonds is 5. The Morgan fingerprint density at radius 3 is 2.67 bits per heavy atom. The molecule has 3 aliphatic heterocycles. The molecule has 2 bridgehead atoms. The minimum atomic E-state index is -0.504. The monoisotopic (exact) mass is 595 g/mol. The number of allylic oxidation sites excluding steroid dienone is 4. The van der Waals surface area contributed by atoms with Gasteiger partial charge in [-0.1, -0.05) is 74.2 Å². The molecule has 7 nitrogen and oxygen atoms in total. The summed E-state index contributed by atoms with van der Waals surface area (Å²) >= 11 is 0. The van der Waals surface area contributed by atoms with Crippen LogP contribution in [0.5, 0.6) is 0 Å². The van der Waals surface area contributed by atoms with Gasteiger partial charge in [0, 0.05) is 18.8 Å². The second-order valence-electron chi connectivity index (χ2n) is 14.1. The molecule has 1 saturated carbocycles. The lowest BCUT2D eigenvalue weighted by atomic mass is 9.75. The third kappa shape index (κ3) is 7.90. The van der Waals surface area contributed by atoms with Crippen molar-refractivity contribution in [1.29, 1.82) is 0 Å². The second kappa shape index (κ2) is 14.7. The van der Waals surface area contributed by atoms with Crippen LogP contribution in [0.2, 0.25) is 0 Å². The standard InChI is InChI=1S/C36H53NO6/c1-22-9-8-12-27-21-41-35-32(27)31(18-25(4)33(35)37-40)36(39)43-30-19-28(15-13-23(2)17-22)42-29(20-30)16-14-24(3)34(38)26-10-6-5-7-11-26/h8-9,12-13,18,22,24,26,28-32,34-35,38,40H,5-7,10-11,14-17,19-21H2,1-4H3/b9-8+,23-13+,27-12+,37-33+/t22-,24-,28?,29-,30?,31?,32?,34-,35?/m0/s1. The maximum atomic E-state index is 13.9. The van der Waals surface area contributed by atoms with Gasteiger partial charge in [-0.15, -0.1) is 0 Å². The number of esters is 1. The van der Waals surface area contributed by atoms with Crippen LogP contribution in [0, 0.1) is 29.6 Å². The second-order valence-corrected chi connectivity index (χ2v) is 14.1. The molecule has 0 spiro atoms. The predicted octanol–water partition coefficient (Wildman–Crippen LogP) is 7.08. The molecule has 9 atom stereocenters. The Labute approximate surface area is 258 Å². The molecule has 2 aliphatic carbocycles. The van der Waals surface area contributed by atoms with Crippen LogP contribution in [0.15, 0.2) is 52.3 Å². The van der Waals surface area contributed by atoms with Crippen LogP contribution in [0.4, 0.5) is 0 Å². The Balaban J connectivity index is 1.35. The van der Waals surface area contributed by atoms with Crippen molar-refractivity contribution in [1.82, 2.24) is 0 Å². The van der Waals surface area contributed by atoms with Crippen molar-refractivity contribution in [3.63, 3.8) is 0 Å². The summed E-state index contributed by atoms with van der Waals surface area (Å²) in [6, 6.07) is 0. The van der Waals surface area contributed by atoms with E-state index in [0.717, 1.165) is 49.7 Å². The molecule has 2 N–H and O–H groups in total. The molecule has 5 unspecified atom stereocenters. The molecule has 238 valence electrons. The number of hydrogen-bond donors (Lipinski definition) is 2. The average molecular weight is 596 g/mol. The fourth-order valence-electron chi connectivity index (χ4n) is 8.10. The third-order valence-corrected chi connectivity index (χ3v) is 10.6. The molecule has 2 saturated heterocycles. The molecule has 5 rings (SSSR count). The van der Waals surface area contributed by atoms with E-state index in [9.17, 15) is 15.1 Å². The molecule has 0 aromatic carbocycles. The topological polar surface area (TPSA) is 97.6 Å². The number of ether oxygens (including phenoxy) is 3. The van der Waals surface area contributed by atoms with Gasteiger partial charge in [0.2, 0.25) is 0 Å². The van der Waals surface area contributed by atoms with Crippen molar-refractivity contribution in [3.8, 4) is 0 Å². The zero-order valence-corrected chi connectivity index (χ0v) is 26.6. The highest BCUT2D eigenvalue weighted by Gasteiger charge is 2.48. The lowest BCUT2D eigenvalue weighted by Gasteiger charge is -2.37. The number of aliphatic hydroxyl groups is 1. The van der Waals surface area contributed by atoms with E-state index in [1.165, 1.54) is 24.8 Å². The Morgan fingerprint density at radius 2 is 1.91 bits per heavy atom. The number of nitrogens with zero attached hydrogens (tertiary/aromatic N) is 1. The normalized spacial score (nSPS) is 39.8. The quantitative estimate of drug-likeness (QED) is 0.153. The van der Waals surface area contributed by atoms with Crippen molar-refractivity contribution in [2.24, 2.45) is 34.7 Å². The van der Waals surface area contributed by atoms with Gasteiger partial charge in [-0.3, -0.25) is 4.79 Å². The van der Waals surface area contributed by atoms with Gasteiger partial charge in [0.25, 0.3) is 0 Å². The summed E-state index contributed by atoms with van der Waals surface area (Å²) in [4.78, 5) is 13.9. The van der Waals surface area contributed by atoms with E-state index in [4.69, 9.17) is 14.2 Å². The van der Waals surface area contributed by atoms with Crippen molar-refractivity contribution in [2.45, 2.75) is 129 Å². The van der Waals surface area contributed by atoms with Gasteiger partial charge >= 0.3 is 5.97 Å². The fraction of sp³-hybridized carbons (Fsp3) is 0.722. The highest BCUT2D eigenvalue weighted by atomic mass is 16.6. The van der Waals surface area contributed by atoms with Gasteiger partial charge < -0.3 is 24.5 Å². The minimum Gasteiger partial charge on any atom is -0.462 e. The molecule has 0 radical (unpaired) electrons. The molecule has 0 aromatic heterocycles. The lowest BCUT2D eigenvalue weighted by Crippen LogP contribution is -2.43. The third-order valence-electron chi connectivity index (χ3n) is 10.6. The molecule has 0 aromatic rings. The molecule has 3 heterocycles. The average Bonchev–Trinajstić information content (AvgIpc) is 3.41. The van der Waals surface area contributed by atoms with Crippen molar-refractivity contribution < 1.29 is 29.3 Å². The van der Waals surface area contributed by atoms with Crippen LogP contribution in [0.25, 0.3) is 0 Å². The molecule has 3 fully saturated rings. The zero-order valence-electron chi connectivity index (χ0n) is 26.6. The predicted molar refractivity (Wildman–Crippen MR) is 168 cm³/mol. The first kappa shape index (κ1) is 32.2. The summed E-state index contributed by atoms with van der Waals surface area (Å²) in [7, 11) is 0. The molecular weight excluding hydrogens is 542 g/mol. The summed E-state index contributed by atoms with van der Waals surface area (Å²) in [5, 5.41) is 24.4. The summed E-state index contributed by atoms with van der Waals surface area (Å²) in [5.41, 5.74) is 3.59. The molecule has 5 aliphatic rings. The minimum absolute atomic E-state index is 0.0122. The zero-order chi connectivity index (χ0) is 30.5. The number of hydrogen-bond acceptors (Lipinski definition) is 7. The van der Waals surface area contributed by atoms with Gasteiger partial charge in [0.15, 0.2) is 0 Å². The Morgan fingerprint density at radius 1 is 1.12 bits per heavy atom. The van der Waals surface area contributed by atoms with Crippen LogP contribution in [-0.2, 0) is 19.0 Å². The van der Waals surface area contributed by atoms with Crippen molar-refractivity contribution in [3.05, 3.63) is 47.1 Å². The van der Waals surface area contributed by atoms with E-state index in [1.807, 2.05) is 13.0 Å². The number of oxime groups is 1. The first-order valence-corrected chi connectivity index (χ1v) is 16.8. The fourth-order valence-corrected chi connectivity index (χ4v) is 8.10. The van der Waals surface area contributed by atoms with E-state index < -0.39 is 12.0 Å². The first-order chi connectivity index (χ1) is 20.7. The van der Waals surface area contributed by atoms with Crippen LogP contribution >= 0.6 is 0 Å². The largest absolute Gasteiger partial charge is 0.462 e. The highest BCUT2D eigenvalue weighted by molar-refractivity contribution is 6.05. The van der Waals surface area contributed by atoms with Crippen LogP contribution in [-0.4, -0.2) is 59.1 Å². The van der Waals surface area contributed by atoms with E-state index in [2.05, 4.69) is 50.2 Å². The summed E-state index contributed by atoms with van der Waals surface area (Å²) in [6.45, 7) is 8.84. The highest BCUT2D eigenvalue weighted by Crippen LogP contribution is 2.41. The Kier molecular flexibility index (Phi) is 11.0. The van der Waals surface area contributed by atoms with E-state index in [0.29, 0.717) is 37.0 Å². The Hall–Kier alpha value is -2.22. The number of carbonyl (C=O) groups is 1. The maximum Gasteiger partial charge on any atom is 0.313 e.